The van der Waals surface area contributed by atoms with Crippen LogP contribution in [0.3, 0.4) is 0 Å². The molecule has 0 aliphatic carbocycles. The van der Waals surface area contributed by atoms with Gasteiger partial charge in [-0.05, 0) is 57.9 Å². The lowest BCUT2D eigenvalue weighted by atomic mass is 10.0. The molecule has 42 heavy (non-hydrogen) atoms. The largest absolute Gasteiger partial charge is 0.479 e. The number of aliphatic carboxylic acids is 1. The van der Waals surface area contributed by atoms with Crippen LogP contribution in [0.5, 0.6) is 0 Å². The molecule has 0 aliphatic rings. The van der Waals surface area contributed by atoms with Crippen molar-refractivity contribution in [3.63, 3.8) is 0 Å². The second-order valence-corrected chi connectivity index (χ2v) is 12.4. The van der Waals surface area contributed by atoms with Crippen LogP contribution in [0.2, 0.25) is 0 Å². The van der Waals surface area contributed by atoms with Crippen molar-refractivity contribution in [1.29, 1.82) is 0 Å². The topological polar surface area (TPSA) is 140 Å². The van der Waals surface area contributed by atoms with E-state index in [0.717, 1.165) is 4.90 Å². The lowest BCUT2D eigenvalue weighted by molar-refractivity contribution is -0.172. The summed E-state index contributed by atoms with van der Waals surface area (Å²) in [5.74, 6) is -3.70. The third kappa shape index (κ3) is 12.1. The molecule has 0 heterocycles. The first-order valence-corrected chi connectivity index (χ1v) is 14.2. The molecule has 0 bridgehead atoms. The van der Waals surface area contributed by atoms with E-state index in [0.29, 0.717) is 5.56 Å². The van der Waals surface area contributed by atoms with E-state index in [-0.39, 0.29) is 31.1 Å². The highest BCUT2D eigenvalue weighted by atomic mass is 16.6. The zero-order chi connectivity index (χ0) is 32.4. The Morgan fingerprint density at radius 3 is 1.71 bits per heavy atom. The summed E-state index contributed by atoms with van der Waals surface area (Å²) in [5.41, 5.74) is -0.0786. The zero-order valence-electron chi connectivity index (χ0n) is 26.6. The van der Waals surface area contributed by atoms with Crippen molar-refractivity contribution in [2.45, 2.75) is 105 Å². The van der Waals surface area contributed by atoms with Crippen LogP contribution in [0.25, 0.3) is 0 Å². The van der Waals surface area contributed by atoms with Crippen LogP contribution in [-0.4, -0.2) is 88.8 Å². The van der Waals surface area contributed by atoms with Gasteiger partial charge in [0, 0.05) is 20.5 Å². The monoisotopic (exact) mass is 592 g/mol. The molecule has 4 atom stereocenters. The molecule has 0 aromatic heterocycles. The minimum absolute atomic E-state index is 0.000183. The van der Waals surface area contributed by atoms with Gasteiger partial charge in [0.05, 0.1) is 0 Å². The number of benzene rings is 1. The van der Waals surface area contributed by atoms with Gasteiger partial charge in [-0.3, -0.25) is 9.69 Å². The van der Waals surface area contributed by atoms with Gasteiger partial charge in [-0.1, -0.05) is 58.0 Å². The van der Waals surface area contributed by atoms with E-state index >= 15 is 0 Å². The Morgan fingerprint density at radius 2 is 1.26 bits per heavy atom. The second-order valence-electron chi connectivity index (χ2n) is 12.4. The summed E-state index contributed by atoms with van der Waals surface area (Å²) in [4.78, 5) is 67.0. The molecule has 0 saturated carbocycles. The van der Waals surface area contributed by atoms with E-state index in [1.54, 1.807) is 45.0 Å². The fraction of sp³-hybridized carbons (Fsp3) is 0.645. The van der Waals surface area contributed by atoms with Gasteiger partial charge in [-0.2, -0.15) is 0 Å². The average Bonchev–Trinajstić information content (AvgIpc) is 2.87. The van der Waals surface area contributed by atoms with Crippen molar-refractivity contribution in [3.8, 4) is 0 Å². The fourth-order valence-corrected chi connectivity index (χ4v) is 4.09. The van der Waals surface area contributed by atoms with E-state index in [1.807, 2.05) is 33.8 Å². The number of likely N-dealkylation sites (N-methyl/N-ethyl adjacent to an activating group) is 2. The van der Waals surface area contributed by atoms with E-state index in [4.69, 9.17) is 14.2 Å². The normalized spacial score (nSPS) is 14.4. The van der Waals surface area contributed by atoms with Crippen LogP contribution < -0.4 is 0 Å². The molecule has 1 N–H and O–H groups in total. The molecule has 11 heteroatoms. The number of carbonyl (C=O) groups is 5. The number of hydrogen-bond acceptors (Lipinski definition) is 8. The molecule has 1 aromatic rings. The first kappa shape index (κ1) is 36.4. The number of carboxylic acids is 1. The molecule has 0 radical (unpaired) electrons. The smallest absolute Gasteiger partial charge is 0.410 e. The molecule has 0 saturated heterocycles. The van der Waals surface area contributed by atoms with Crippen molar-refractivity contribution >= 4 is 29.9 Å². The standard InChI is InChI=1S/C31H48N2O9/c1-19(2)16-23(28(37)40-21(5)27(35)36)32(9)26(34)25(18-22-14-12-11-13-15-22)41-29(38)24(17-20(3)4)33(10)30(39)42-31(6,7)8/h11-15,19-21,23-25H,16-18H2,1-10H3,(H,35,36)/t21-,23+,24+,25-/m1/s1. The summed E-state index contributed by atoms with van der Waals surface area (Å²) < 4.78 is 16.4. The number of amides is 2. The maximum absolute atomic E-state index is 13.9. The van der Waals surface area contributed by atoms with E-state index < -0.39 is 59.8 Å². The van der Waals surface area contributed by atoms with E-state index in [1.165, 1.54) is 25.9 Å². The summed E-state index contributed by atoms with van der Waals surface area (Å²) in [5, 5.41) is 9.20. The minimum Gasteiger partial charge on any atom is -0.479 e. The molecule has 236 valence electrons. The Labute approximate surface area is 249 Å². The zero-order valence-corrected chi connectivity index (χ0v) is 26.6. The minimum atomic E-state index is -1.41. The summed E-state index contributed by atoms with van der Waals surface area (Å²) in [6.07, 6.45) is -3.00. The molecular formula is C31H48N2O9. The average molecular weight is 593 g/mol. The number of hydrogen-bond donors (Lipinski definition) is 1. The number of carboxylic acid groups (broad SMARTS) is 1. The highest BCUT2D eigenvalue weighted by molar-refractivity contribution is 5.90. The summed E-state index contributed by atoms with van der Waals surface area (Å²) in [6.45, 7) is 13.9. The van der Waals surface area contributed by atoms with Crippen LogP contribution in [0.15, 0.2) is 30.3 Å². The highest BCUT2D eigenvalue weighted by Crippen LogP contribution is 2.21. The molecule has 0 fully saturated rings. The van der Waals surface area contributed by atoms with E-state index in [2.05, 4.69) is 0 Å². The predicted octanol–water partition coefficient (Wildman–Crippen LogP) is 4.31. The van der Waals surface area contributed by atoms with Gasteiger partial charge in [0.25, 0.3) is 5.91 Å². The number of carbonyl (C=O) groups excluding carboxylic acids is 4. The summed E-state index contributed by atoms with van der Waals surface area (Å²) in [7, 11) is 2.84. The lowest BCUT2D eigenvalue weighted by Gasteiger charge is -2.33. The summed E-state index contributed by atoms with van der Waals surface area (Å²) in [6, 6.07) is 6.78. The Bertz CT molecular complexity index is 1070. The molecule has 1 aromatic carbocycles. The number of rotatable bonds is 14. The third-order valence-corrected chi connectivity index (χ3v) is 6.34. The maximum atomic E-state index is 13.9. The highest BCUT2D eigenvalue weighted by Gasteiger charge is 2.39. The van der Waals surface area contributed by atoms with Crippen LogP contribution >= 0.6 is 0 Å². The molecule has 0 aliphatic heterocycles. The Hall–Kier alpha value is -3.63. The van der Waals surface area contributed by atoms with Crippen LogP contribution in [0, 0.1) is 11.8 Å². The number of esters is 2. The van der Waals surface area contributed by atoms with Gasteiger partial charge >= 0.3 is 24.0 Å². The van der Waals surface area contributed by atoms with Crippen molar-refractivity contribution in [2.75, 3.05) is 14.1 Å². The van der Waals surface area contributed by atoms with Crippen molar-refractivity contribution < 1.29 is 43.3 Å². The molecule has 11 nitrogen and oxygen atoms in total. The predicted molar refractivity (Wildman–Crippen MR) is 156 cm³/mol. The third-order valence-electron chi connectivity index (χ3n) is 6.34. The van der Waals surface area contributed by atoms with Gasteiger partial charge in [-0.15, -0.1) is 0 Å². The van der Waals surface area contributed by atoms with Crippen molar-refractivity contribution in [1.82, 2.24) is 9.80 Å². The first-order valence-electron chi connectivity index (χ1n) is 14.2. The Morgan fingerprint density at radius 1 is 0.786 bits per heavy atom. The van der Waals surface area contributed by atoms with Crippen LogP contribution in [0.4, 0.5) is 4.79 Å². The summed E-state index contributed by atoms with van der Waals surface area (Å²) >= 11 is 0. The first-order chi connectivity index (χ1) is 19.3. The maximum Gasteiger partial charge on any atom is 0.410 e. The van der Waals surface area contributed by atoms with Crippen molar-refractivity contribution in [3.05, 3.63) is 35.9 Å². The molecule has 1 rings (SSSR count). The van der Waals surface area contributed by atoms with E-state index in [9.17, 15) is 29.1 Å². The molecule has 0 spiro atoms. The van der Waals surface area contributed by atoms with Crippen LogP contribution in [0.1, 0.15) is 73.8 Å². The lowest BCUT2D eigenvalue weighted by Crippen LogP contribution is -2.52. The van der Waals surface area contributed by atoms with Gasteiger partial charge in [0.15, 0.2) is 12.2 Å². The Balaban J connectivity index is 3.40. The van der Waals surface area contributed by atoms with Crippen LogP contribution in [-0.2, 0) is 39.8 Å². The second kappa shape index (κ2) is 16.1. The Kier molecular flexibility index (Phi) is 14.0. The molecular weight excluding hydrogens is 544 g/mol. The fourth-order valence-electron chi connectivity index (χ4n) is 4.09. The molecule has 0 unspecified atom stereocenters. The van der Waals surface area contributed by atoms with Gasteiger partial charge in [0.2, 0.25) is 0 Å². The number of ether oxygens (including phenoxy) is 3. The number of nitrogens with zero attached hydrogens (tertiary/aromatic N) is 2. The SMILES string of the molecule is CC(C)C[C@@H](C(=O)O[C@H](Cc1ccccc1)C(=O)N(C)[C@@H](CC(C)C)C(=O)O[C@H](C)C(=O)O)N(C)C(=O)OC(C)(C)C. The molecule has 2 amide bonds. The van der Waals surface area contributed by atoms with Gasteiger partial charge < -0.3 is 24.2 Å². The van der Waals surface area contributed by atoms with Gasteiger partial charge in [-0.25, -0.2) is 19.2 Å². The van der Waals surface area contributed by atoms with Crippen molar-refractivity contribution in [2.24, 2.45) is 11.8 Å². The quantitative estimate of drug-likeness (QED) is 0.247. The van der Waals surface area contributed by atoms with Gasteiger partial charge in [0.1, 0.15) is 17.7 Å².